The van der Waals surface area contributed by atoms with Crippen molar-refractivity contribution in [3.8, 4) is 0 Å². The molecule has 4 N–H and O–H groups in total. The van der Waals surface area contributed by atoms with Crippen molar-refractivity contribution in [1.29, 1.82) is 0 Å². The molecule has 0 spiro atoms. The van der Waals surface area contributed by atoms with Crippen molar-refractivity contribution in [3.05, 3.63) is 144 Å². The number of amides is 4. The van der Waals surface area contributed by atoms with Gasteiger partial charge in [-0.15, -0.1) is 0 Å². The second-order valence-electron chi connectivity index (χ2n) is 13.3. The van der Waals surface area contributed by atoms with Crippen LogP contribution >= 0.6 is 0 Å². The van der Waals surface area contributed by atoms with Gasteiger partial charge in [-0.3, -0.25) is 24.0 Å². The minimum atomic E-state index is -3.18. The first-order chi connectivity index (χ1) is 27.8. The van der Waals surface area contributed by atoms with E-state index in [9.17, 15) is 33.6 Å². The van der Waals surface area contributed by atoms with Crippen LogP contribution in [-0.4, -0.2) is 77.9 Å². The number of rotatable bonds is 20. The first-order valence-electron chi connectivity index (χ1n) is 18.3. The van der Waals surface area contributed by atoms with Crippen LogP contribution in [0.2, 0.25) is 0 Å². The predicted molar refractivity (Wildman–Crippen MR) is 207 cm³/mol. The molecule has 0 fully saturated rings. The molecule has 0 saturated heterocycles. The number of alkyl halides is 2. The minimum Gasteiger partial charge on any atom is -0.445 e. The van der Waals surface area contributed by atoms with Crippen molar-refractivity contribution in [2.75, 3.05) is 0 Å². The number of ether oxygens (including phenoxy) is 2. The Morgan fingerprint density at radius 3 is 1.05 bits per heavy atom. The summed E-state index contributed by atoms with van der Waals surface area (Å²) in [6.45, 7) is 1.90. The van der Waals surface area contributed by atoms with Crippen LogP contribution in [0.25, 0.3) is 0 Å². The lowest BCUT2D eigenvalue weighted by atomic mass is 9.98. The average molecular weight is 799 g/mol. The highest BCUT2D eigenvalue weighted by Crippen LogP contribution is 2.12. The largest absolute Gasteiger partial charge is 0.445 e. The standard InChI is InChI=1S/C43H44F2N4O9/c1-27(46-40(53)33(23-29-15-7-3-8-16-29)48-42(55)57-25-31-19-11-5-12-20-31)37(50)35(44)39(52)36(45)38(51)28(2)47-41(54)34(24-30-17-9-4-10-18-30)49-43(56)58-26-32-21-13-6-14-22-32/h3-22,27-28,33-36H,23-26H2,1-2H3,(H,46,53)(H,47,54)(H,48,55)(H,49,56). The molecule has 4 amide bonds. The van der Waals surface area contributed by atoms with Gasteiger partial charge in [-0.2, -0.15) is 0 Å². The summed E-state index contributed by atoms with van der Waals surface area (Å²) in [5, 5.41) is 9.32. The first-order valence-corrected chi connectivity index (χ1v) is 18.3. The fraction of sp³-hybridized carbons (Fsp3) is 0.279. The second-order valence-corrected chi connectivity index (χ2v) is 13.3. The minimum absolute atomic E-state index is 0.0622. The van der Waals surface area contributed by atoms with Gasteiger partial charge in [-0.25, -0.2) is 18.4 Å². The van der Waals surface area contributed by atoms with E-state index in [1.807, 2.05) is 0 Å². The molecule has 0 radical (unpaired) electrons. The topological polar surface area (TPSA) is 186 Å². The third-order valence-corrected chi connectivity index (χ3v) is 8.78. The summed E-state index contributed by atoms with van der Waals surface area (Å²) in [4.78, 5) is 90.5. The maximum atomic E-state index is 15.3. The van der Waals surface area contributed by atoms with Crippen molar-refractivity contribution < 1.29 is 51.8 Å². The highest BCUT2D eigenvalue weighted by atomic mass is 19.1. The molecule has 0 saturated carbocycles. The summed E-state index contributed by atoms with van der Waals surface area (Å²) in [5.74, 6) is -7.03. The van der Waals surface area contributed by atoms with Crippen LogP contribution in [0.3, 0.4) is 0 Å². The zero-order valence-corrected chi connectivity index (χ0v) is 31.8. The van der Waals surface area contributed by atoms with Crippen LogP contribution in [0, 0.1) is 0 Å². The molecule has 304 valence electrons. The molecule has 4 aromatic carbocycles. The molecule has 6 unspecified atom stereocenters. The summed E-state index contributed by atoms with van der Waals surface area (Å²) in [6.07, 6.45) is -8.40. The van der Waals surface area contributed by atoms with E-state index in [4.69, 9.17) is 9.47 Å². The van der Waals surface area contributed by atoms with Gasteiger partial charge < -0.3 is 30.7 Å². The predicted octanol–water partition coefficient (Wildman–Crippen LogP) is 4.45. The molecule has 0 aliphatic heterocycles. The first kappa shape index (κ1) is 44.0. The van der Waals surface area contributed by atoms with Gasteiger partial charge in [0.05, 0.1) is 12.1 Å². The molecular weight excluding hydrogens is 754 g/mol. The molecule has 0 aliphatic rings. The Morgan fingerprint density at radius 2 is 0.741 bits per heavy atom. The number of carbonyl (C=O) groups excluding carboxylic acids is 7. The summed E-state index contributed by atoms with van der Waals surface area (Å²) in [6, 6.07) is 28.5. The van der Waals surface area contributed by atoms with Gasteiger partial charge in [0.1, 0.15) is 25.3 Å². The zero-order chi connectivity index (χ0) is 42.0. The van der Waals surface area contributed by atoms with Gasteiger partial charge in [-0.05, 0) is 36.1 Å². The smallest absolute Gasteiger partial charge is 0.408 e. The van der Waals surface area contributed by atoms with Crippen LogP contribution in [-0.2, 0) is 59.5 Å². The molecule has 4 rings (SSSR count). The highest BCUT2D eigenvalue weighted by molar-refractivity contribution is 6.18. The van der Waals surface area contributed by atoms with Crippen molar-refractivity contribution in [2.45, 2.75) is 76.4 Å². The maximum absolute atomic E-state index is 15.3. The molecule has 0 aromatic heterocycles. The van der Waals surface area contributed by atoms with Gasteiger partial charge >= 0.3 is 12.2 Å². The van der Waals surface area contributed by atoms with E-state index in [0.717, 1.165) is 13.8 Å². The van der Waals surface area contributed by atoms with E-state index >= 15 is 8.78 Å². The van der Waals surface area contributed by atoms with Crippen LogP contribution < -0.4 is 21.3 Å². The number of hydrogen-bond acceptors (Lipinski definition) is 9. The van der Waals surface area contributed by atoms with Gasteiger partial charge in [0, 0.05) is 12.8 Å². The summed E-state index contributed by atoms with van der Waals surface area (Å²) >= 11 is 0. The number of benzene rings is 4. The summed E-state index contributed by atoms with van der Waals surface area (Å²) in [5.41, 5.74) is 2.60. The molecule has 6 atom stereocenters. The normalized spacial score (nSPS) is 13.9. The lowest BCUT2D eigenvalue weighted by molar-refractivity contribution is -0.144. The van der Waals surface area contributed by atoms with E-state index in [0.29, 0.717) is 22.3 Å². The van der Waals surface area contributed by atoms with Crippen LogP contribution in [0.1, 0.15) is 36.1 Å². The second kappa shape index (κ2) is 22.1. The Balaban J connectivity index is 1.34. The third-order valence-electron chi connectivity index (χ3n) is 8.78. The quantitative estimate of drug-likeness (QED) is 0.0938. The Hall–Kier alpha value is -6.77. The number of halogens is 2. The Kier molecular flexibility index (Phi) is 16.7. The number of ketones is 3. The number of hydrogen-bond donors (Lipinski definition) is 4. The SMILES string of the molecule is CC(NC(=O)C(Cc1ccccc1)NC(=O)OCc1ccccc1)C(=O)C(F)C(=O)C(F)C(=O)C(C)NC(=O)C(Cc1ccccc1)NC(=O)OCc1ccccc1. The van der Waals surface area contributed by atoms with Crippen LogP contribution in [0.15, 0.2) is 121 Å². The Labute approximate surface area is 333 Å². The van der Waals surface area contributed by atoms with E-state index in [2.05, 4.69) is 21.3 Å². The van der Waals surface area contributed by atoms with Crippen molar-refractivity contribution >= 4 is 41.4 Å². The Morgan fingerprint density at radius 1 is 0.448 bits per heavy atom. The van der Waals surface area contributed by atoms with Crippen molar-refractivity contribution in [2.24, 2.45) is 0 Å². The maximum Gasteiger partial charge on any atom is 0.408 e. The van der Waals surface area contributed by atoms with Crippen molar-refractivity contribution in [1.82, 2.24) is 21.3 Å². The fourth-order valence-electron chi connectivity index (χ4n) is 5.55. The number of Topliss-reactive ketones (excluding diaryl/α,β-unsaturated/α-hetero) is 3. The monoisotopic (exact) mass is 798 g/mol. The van der Waals surface area contributed by atoms with Gasteiger partial charge in [0.2, 0.25) is 29.9 Å². The van der Waals surface area contributed by atoms with E-state index in [1.54, 1.807) is 121 Å². The van der Waals surface area contributed by atoms with Gasteiger partial charge in [-0.1, -0.05) is 121 Å². The van der Waals surface area contributed by atoms with Crippen LogP contribution in [0.5, 0.6) is 0 Å². The van der Waals surface area contributed by atoms with Crippen molar-refractivity contribution in [3.63, 3.8) is 0 Å². The zero-order valence-electron chi connectivity index (χ0n) is 31.8. The average Bonchev–Trinajstić information content (AvgIpc) is 3.24. The van der Waals surface area contributed by atoms with E-state index in [-0.39, 0.29) is 26.1 Å². The number of nitrogens with one attached hydrogen (secondary N) is 4. The lowest BCUT2D eigenvalue weighted by Gasteiger charge is -2.23. The molecule has 0 heterocycles. The van der Waals surface area contributed by atoms with E-state index < -0.39 is 77.9 Å². The molecule has 0 bridgehead atoms. The van der Waals surface area contributed by atoms with E-state index in [1.165, 1.54) is 0 Å². The summed E-state index contributed by atoms with van der Waals surface area (Å²) in [7, 11) is 0. The fourth-order valence-corrected chi connectivity index (χ4v) is 5.55. The van der Waals surface area contributed by atoms with Gasteiger partial charge in [0.25, 0.3) is 0 Å². The lowest BCUT2D eigenvalue weighted by Crippen LogP contribution is -2.55. The molecule has 4 aromatic rings. The molecule has 15 heteroatoms. The van der Waals surface area contributed by atoms with Gasteiger partial charge in [0.15, 0.2) is 11.6 Å². The molecule has 58 heavy (non-hydrogen) atoms. The molecule has 0 aliphatic carbocycles. The summed E-state index contributed by atoms with van der Waals surface area (Å²) < 4.78 is 41.0. The number of alkyl carbamates (subject to hydrolysis) is 2. The highest BCUT2D eigenvalue weighted by Gasteiger charge is 2.41. The van der Waals surface area contributed by atoms with Crippen LogP contribution in [0.4, 0.5) is 18.4 Å². The Bertz CT molecular complexity index is 1860. The molecular formula is C43H44F2N4O9. The number of carbonyl (C=O) groups is 7. The molecule has 13 nitrogen and oxygen atoms in total. The third kappa shape index (κ3) is 13.8.